The van der Waals surface area contributed by atoms with E-state index in [2.05, 4.69) is 20.9 Å². The molecule has 1 aromatic carbocycles. The number of fused-ring (bicyclic) bond motifs is 1. The summed E-state index contributed by atoms with van der Waals surface area (Å²) >= 11 is 0. The zero-order chi connectivity index (χ0) is 27.7. The zero-order valence-corrected chi connectivity index (χ0v) is 20.2. The summed E-state index contributed by atoms with van der Waals surface area (Å²) < 4.78 is 0. The Morgan fingerprint density at radius 3 is 2.19 bits per heavy atom. The minimum Gasteiger partial charge on any atom is -0.480 e. The number of aromatic nitrogens is 1. The molecule has 4 atom stereocenters. The van der Waals surface area contributed by atoms with Crippen LogP contribution in [-0.2, 0) is 35.2 Å². The number of aromatic amines is 1. The molecule has 2 aromatic rings. The molecule has 200 valence electrons. The van der Waals surface area contributed by atoms with Gasteiger partial charge in [-0.25, -0.2) is 4.79 Å². The smallest absolute Gasteiger partial charge is 0.326 e. The summed E-state index contributed by atoms with van der Waals surface area (Å²) in [6.07, 6.45) is 0.835. The summed E-state index contributed by atoms with van der Waals surface area (Å²) in [5.41, 5.74) is 17.3. The molecule has 1 heterocycles. The van der Waals surface area contributed by atoms with Crippen molar-refractivity contribution in [1.82, 2.24) is 20.9 Å². The number of H-pyrrole nitrogens is 1. The Kier molecular flexibility index (Phi) is 10.1. The standard InChI is InChI=1S/C23H31N7O7/c1-11(28-21(34)14(24)6-7-18(25)31)20(33)29-16(22(35)30-17(23(36)37)9-19(26)32)8-12-10-27-15-5-3-2-4-13(12)15/h2-5,10-11,14,16-17,27H,6-9,24H2,1H3,(H2,25,31)(H2,26,32)(H,28,34)(H,29,33)(H,30,35)(H,36,37). The minimum absolute atomic E-state index is 0.0163. The van der Waals surface area contributed by atoms with Crippen molar-refractivity contribution in [2.75, 3.05) is 0 Å². The van der Waals surface area contributed by atoms with Crippen molar-refractivity contribution in [3.05, 3.63) is 36.0 Å². The molecule has 4 unspecified atom stereocenters. The van der Waals surface area contributed by atoms with Gasteiger partial charge in [-0.05, 0) is 25.0 Å². The highest BCUT2D eigenvalue weighted by Gasteiger charge is 2.30. The van der Waals surface area contributed by atoms with Gasteiger partial charge in [0.05, 0.1) is 12.5 Å². The molecule has 0 fully saturated rings. The highest BCUT2D eigenvalue weighted by atomic mass is 16.4. The van der Waals surface area contributed by atoms with E-state index in [1.165, 1.54) is 6.92 Å². The average Bonchev–Trinajstić information content (AvgIpc) is 3.23. The second kappa shape index (κ2) is 13.0. The number of carboxylic acid groups (broad SMARTS) is 1. The van der Waals surface area contributed by atoms with Gasteiger partial charge in [0.25, 0.3) is 0 Å². The van der Waals surface area contributed by atoms with E-state index >= 15 is 0 Å². The van der Waals surface area contributed by atoms with E-state index in [1.54, 1.807) is 18.3 Å². The summed E-state index contributed by atoms with van der Waals surface area (Å²) in [6.45, 7) is 1.36. The third-order valence-electron chi connectivity index (χ3n) is 5.54. The first kappa shape index (κ1) is 28.8. The summed E-state index contributed by atoms with van der Waals surface area (Å²) in [4.78, 5) is 74.8. The lowest BCUT2D eigenvalue weighted by Crippen LogP contribution is -2.57. The fraction of sp³-hybridized carbons (Fsp3) is 0.391. The fourth-order valence-electron chi connectivity index (χ4n) is 3.51. The van der Waals surface area contributed by atoms with E-state index in [-0.39, 0.29) is 19.3 Å². The Morgan fingerprint density at radius 2 is 1.57 bits per heavy atom. The zero-order valence-electron chi connectivity index (χ0n) is 20.2. The third-order valence-corrected chi connectivity index (χ3v) is 5.54. The van der Waals surface area contributed by atoms with E-state index in [4.69, 9.17) is 17.2 Å². The Bertz CT molecular complexity index is 1180. The number of amides is 5. The molecule has 0 spiro atoms. The number of primary amides is 2. The Balaban J connectivity index is 2.19. The van der Waals surface area contributed by atoms with Crippen LogP contribution in [0.3, 0.4) is 0 Å². The number of carbonyl (C=O) groups is 6. The van der Waals surface area contributed by atoms with Crippen molar-refractivity contribution in [2.45, 2.75) is 56.8 Å². The Morgan fingerprint density at radius 1 is 0.919 bits per heavy atom. The molecule has 14 heteroatoms. The van der Waals surface area contributed by atoms with Crippen LogP contribution in [0, 0.1) is 0 Å². The van der Waals surface area contributed by atoms with Gasteiger partial charge in [-0.15, -0.1) is 0 Å². The summed E-state index contributed by atoms with van der Waals surface area (Å²) in [6, 6.07) is 2.13. The summed E-state index contributed by atoms with van der Waals surface area (Å²) in [7, 11) is 0. The predicted molar refractivity (Wildman–Crippen MR) is 131 cm³/mol. The second-order valence-electron chi connectivity index (χ2n) is 8.54. The molecule has 0 aliphatic carbocycles. The third kappa shape index (κ3) is 8.61. The lowest BCUT2D eigenvalue weighted by atomic mass is 10.0. The number of carboxylic acids is 1. The minimum atomic E-state index is -1.60. The number of aliphatic carboxylic acids is 1. The van der Waals surface area contributed by atoms with Crippen molar-refractivity contribution in [2.24, 2.45) is 17.2 Å². The van der Waals surface area contributed by atoms with Crippen molar-refractivity contribution in [1.29, 1.82) is 0 Å². The number of nitrogens with two attached hydrogens (primary N) is 3. The highest BCUT2D eigenvalue weighted by molar-refractivity contribution is 5.95. The number of hydrogen-bond acceptors (Lipinski definition) is 7. The van der Waals surface area contributed by atoms with E-state index in [0.717, 1.165) is 10.9 Å². The second-order valence-corrected chi connectivity index (χ2v) is 8.54. The molecule has 0 saturated carbocycles. The van der Waals surface area contributed by atoms with Crippen LogP contribution in [0.25, 0.3) is 10.9 Å². The molecular weight excluding hydrogens is 486 g/mol. The van der Waals surface area contributed by atoms with Crippen LogP contribution >= 0.6 is 0 Å². The largest absolute Gasteiger partial charge is 0.480 e. The van der Waals surface area contributed by atoms with Gasteiger partial charge in [-0.1, -0.05) is 18.2 Å². The molecule has 0 aliphatic rings. The quantitative estimate of drug-likeness (QED) is 0.135. The van der Waals surface area contributed by atoms with Crippen LogP contribution in [0.1, 0.15) is 31.7 Å². The maximum atomic E-state index is 13.0. The van der Waals surface area contributed by atoms with Gasteiger partial charge < -0.3 is 43.2 Å². The first-order valence-electron chi connectivity index (χ1n) is 11.4. The van der Waals surface area contributed by atoms with Crippen LogP contribution in [-0.4, -0.2) is 69.8 Å². The van der Waals surface area contributed by atoms with Crippen molar-refractivity contribution in [3.63, 3.8) is 0 Å². The monoisotopic (exact) mass is 517 g/mol. The van der Waals surface area contributed by atoms with E-state index in [9.17, 15) is 33.9 Å². The molecule has 1 aromatic heterocycles. The maximum absolute atomic E-state index is 13.0. The lowest BCUT2D eigenvalue weighted by molar-refractivity contribution is -0.143. The van der Waals surface area contributed by atoms with Gasteiger partial charge >= 0.3 is 5.97 Å². The maximum Gasteiger partial charge on any atom is 0.326 e. The van der Waals surface area contributed by atoms with E-state index in [0.29, 0.717) is 5.56 Å². The first-order valence-corrected chi connectivity index (χ1v) is 11.4. The van der Waals surface area contributed by atoms with E-state index in [1.807, 2.05) is 12.1 Å². The molecular formula is C23H31N7O7. The van der Waals surface area contributed by atoms with Crippen LogP contribution < -0.4 is 33.2 Å². The van der Waals surface area contributed by atoms with Gasteiger partial charge in [-0.2, -0.15) is 0 Å². The molecule has 2 rings (SSSR count). The topological polar surface area (TPSA) is 253 Å². The van der Waals surface area contributed by atoms with Gasteiger partial charge in [0.2, 0.25) is 29.5 Å². The van der Waals surface area contributed by atoms with Gasteiger partial charge in [0, 0.05) is 29.9 Å². The molecule has 0 aliphatic heterocycles. The van der Waals surface area contributed by atoms with Gasteiger partial charge in [0.15, 0.2) is 0 Å². The highest BCUT2D eigenvalue weighted by Crippen LogP contribution is 2.19. The Hall–Kier alpha value is -4.46. The fourth-order valence-corrected chi connectivity index (χ4v) is 3.51. The number of carbonyl (C=O) groups excluding carboxylic acids is 5. The number of nitrogens with one attached hydrogen (secondary N) is 4. The molecule has 0 saturated heterocycles. The van der Waals surface area contributed by atoms with Crippen molar-refractivity contribution < 1.29 is 33.9 Å². The SMILES string of the molecule is CC(NC(=O)C(N)CCC(N)=O)C(=O)NC(Cc1c[nH]c2ccccc12)C(=O)NC(CC(N)=O)C(=O)O. The van der Waals surface area contributed by atoms with Crippen LogP contribution in [0.5, 0.6) is 0 Å². The van der Waals surface area contributed by atoms with Gasteiger partial charge in [0.1, 0.15) is 18.1 Å². The Labute approximate surface area is 211 Å². The molecule has 5 amide bonds. The predicted octanol–water partition coefficient (Wildman–Crippen LogP) is -2.26. The lowest BCUT2D eigenvalue weighted by Gasteiger charge is -2.23. The summed E-state index contributed by atoms with van der Waals surface area (Å²) in [5.74, 6) is -5.37. The van der Waals surface area contributed by atoms with Crippen LogP contribution in [0.15, 0.2) is 30.5 Å². The number of para-hydroxylation sites is 1. The number of benzene rings is 1. The number of hydrogen-bond donors (Lipinski definition) is 8. The van der Waals surface area contributed by atoms with E-state index < -0.39 is 66.1 Å². The molecule has 14 nitrogen and oxygen atoms in total. The number of rotatable bonds is 14. The first-order chi connectivity index (χ1) is 17.4. The molecule has 11 N–H and O–H groups in total. The van der Waals surface area contributed by atoms with Crippen molar-refractivity contribution in [3.8, 4) is 0 Å². The van der Waals surface area contributed by atoms with Crippen LogP contribution in [0.2, 0.25) is 0 Å². The molecule has 0 radical (unpaired) electrons. The molecule has 37 heavy (non-hydrogen) atoms. The normalized spacial score (nSPS) is 14.1. The van der Waals surface area contributed by atoms with Gasteiger partial charge in [-0.3, -0.25) is 24.0 Å². The summed E-state index contributed by atoms with van der Waals surface area (Å²) in [5, 5.41) is 17.3. The molecule has 0 bridgehead atoms. The van der Waals surface area contributed by atoms with Crippen LogP contribution in [0.4, 0.5) is 0 Å². The van der Waals surface area contributed by atoms with Crippen molar-refractivity contribution >= 4 is 46.4 Å². The average molecular weight is 518 g/mol.